The zero-order valence-electron chi connectivity index (χ0n) is 13.3. The molecule has 0 bridgehead atoms. The molecule has 1 fully saturated rings. The minimum Gasteiger partial charge on any atom is -0.335 e. The Labute approximate surface area is 128 Å². The van der Waals surface area contributed by atoms with Crippen molar-refractivity contribution in [2.45, 2.75) is 71.3 Å². The van der Waals surface area contributed by atoms with Crippen molar-refractivity contribution in [2.75, 3.05) is 0 Å². The molecule has 7 heteroatoms. The number of hydrogen-bond acceptors (Lipinski definition) is 2. The first-order valence-electron chi connectivity index (χ1n) is 7.58. The van der Waals surface area contributed by atoms with E-state index < -0.39 is 17.9 Å². The Morgan fingerprint density at radius 2 is 1.86 bits per heavy atom. The number of aromatic nitrogens is 2. The Hall–Kier alpha value is -1.53. The first kappa shape index (κ1) is 16.8. The number of amides is 1. The molecular formula is C15H22F3N3O. The molecule has 0 saturated carbocycles. The predicted octanol–water partition coefficient (Wildman–Crippen LogP) is 3.56. The van der Waals surface area contributed by atoms with E-state index in [2.05, 4.69) is 5.10 Å². The highest BCUT2D eigenvalue weighted by molar-refractivity contribution is 5.80. The van der Waals surface area contributed by atoms with Crippen molar-refractivity contribution in [1.82, 2.24) is 14.7 Å². The Morgan fingerprint density at radius 3 is 2.32 bits per heavy atom. The molecule has 0 aliphatic carbocycles. The van der Waals surface area contributed by atoms with Gasteiger partial charge in [0.25, 0.3) is 0 Å². The van der Waals surface area contributed by atoms with Crippen LogP contribution in [0, 0.1) is 6.92 Å². The fourth-order valence-corrected chi connectivity index (χ4v) is 3.19. The Morgan fingerprint density at radius 1 is 1.32 bits per heavy atom. The fourth-order valence-electron chi connectivity index (χ4n) is 3.19. The van der Waals surface area contributed by atoms with Crippen LogP contribution in [-0.4, -0.2) is 32.7 Å². The van der Waals surface area contributed by atoms with Crippen LogP contribution in [0.1, 0.15) is 57.5 Å². The lowest BCUT2D eigenvalue weighted by Crippen LogP contribution is -2.50. The van der Waals surface area contributed by atoms with Gasteiger partial charge in [-0.05, 0) is 53.0 Å². The topological polar surface area (TPSA) is 38.1 Å². The summed E-state index contributed by atoms with van der Waals surface area (Å²) < 4.78 is 39.4. The first-order valence-corrected chi connectivity index (χ1v) is 7.58. The van der Waals surface area contributed by atoms with Gasteiger partial charge in [0.1, 0.15) is 6.04 Å². The third kappa shape index (κ3) is 3.13. The van der Waals surface area contributed by atoms with Crippen molar-refractivity contribution in [3.63, 3.8) is 0 Å². The quantitative estimate of drug-likeness (QED) is 0.836. The van der Waals surface area contributed by atoms with Gasteiger partial charge in [0.05, 0.1) is 0 Å². The second-order valence-electron chi connectivity index (χ2n) is 6.16. The Kier molecular flexibility index (Phi) is 4.54. The van der Waals surface area contributed by atoms with E-state index in [4.69, 9.17) is 0 Å². The van der Waals surface area contributed by atoms with E-state index in [1.807, 2.05) is 13.8 Å². The molecule has 124 valence electrons. The van der Waals surface area contributed by atoms with Gasteiger partial charge in [0, 0.05) is 17.8 Å². The lowest BCUT2D eigenvalue weighted by molar-refractivity contribution is -0.144. The van der Waals surface area contributed by atoms with E-state index in [9.17, 15) is 18.0 Å². The highest BCUT2D eigenvalue weighted by atomic mass is 19.4. The fraction of sp³-hybridized carbons (Fsp3) is 0.733. The van der Waals surface area contributed by atoms with Crippen molar-refractivity contribution in [2.24, 2.45) is 0 Å². The van der Waals surface area contributed by atoms with Gasteiger partial charge < -0.3 is 4.90 Å². The molecule has 4 nitrogen and oxygen atoms in total. The van der Waals surface area contributed by atoms with Crippen molar-refractivity contribution in [1.29, 1.82) is 0 Å². The molecule has 2 rings (SSSR count). The zero-order chi connectivity index (χ0) is 16.7. The van der Waals surface area contributed by atoms with Gasteiger partial charge in [-0.25, -0.2) is 0 Å². The predicted molar refractivity (Wildman–Crippen MR) is 76.3 cm³/mol. The largest absolute Gasteiger partial charge is 0.435 e. The summed E-state index contributed by atoms with van der Waals surface area (Å²) in [7, 11) is 0. The average molecular weight is 317 g/mol. The van der Waals surface area contributed by atoms with Gasteiger partial charge in [0.2, 0.25) is 5.91 Å². The van der Waals surface area contributed by atoms with Gasteiger partial charge in [-0.15, -0.1) is 0 Å². The second-order valence-corrected chi connectivity index (χ2v) is 6.16. The summed E-state index contributed by atoms with van der Waals surface area (Å²) in [4.78, 5) is 14.5. The van der Waals surface area contributed by atoms with Crippen LogP contribution in [0.15, 0.2) is 6.07 Å². The van der Waals surface area contributed by atoms with Crippen LogP contribution in [0.3, 0.4) is 0 Å². The van der Waals surface area contributed by atoms with E-state index in [1.165, 1.54) is 11.6 Å². The van der Waals surface area contributed by atoms with Crippen LogP contribution in [0.5, 0.6) is 0 Å². The molecular weight excluding hydrogens is 295 g/mol. The van der Waals surface area contributed by atoms with Gasteiger partial charge >= 0.3 is 6.18 Å². The van der Waals surface area contributed by atoms with Crippen LogP contribution in [-0.2, 0) is 11.0 Å². The van der Waals surface area contributed by atoms with Crippen LogP contribution in [0.4, 0.5) is 13.2 Å². The van der Waals surface area contributed by atoms with Crippen molar-refractivity contribution < 1.29 is 18.0 Å². The molecule has 0 N–H and O–H groups in total. The molecule has 1 aliphatic heterocycles. The molecule has 0 spiro atoms. The second kappa shape index (κ2) is 5.93. The zero-order valence-corrected chi connectivity index (χ0v) is 13.3. The van der Waals surface area contributed by atoms with Gasteiger partial charge in [-0.3, -0.25) is 9.48 Å². The van der Waals surface area contributed by atoms with Crippen molar-refractivity contribution in [3.05, 3.63) is 17.5 Å². The lowest BCUT2D eigenvalue weighted by atomic mass is 9.96. The highest BCUT2D eigenvalue weighted by Gasteiger charge is 2.37. The van der Waals surface area contributed by atoms with Crippen LogP contribution in [0.2, 0.25) is 0 Å². The number of aryl methyl sites for hydroxylation is 1. The molecule has 0 radical (unpaired) electrons. The smallest absolute Gasteiger partial charge is 0.335 e. The number of halogens is 3. The SMILES string of the molecule is Cc1cc(C(F)(F)F)nn1[C@H](C)C(=O)N1[C@H](C)CCC[C@@H]1C. The van der Waals surface area contributed by atoms with Crippen LogP contribution < -0.4 is 0 Å². The number of likely N-dealkylation sites (tertiary alicyclic amines) is 1. The summed E-state index contributed by atoms with van der Waals surface area (Å²) >= 11 is 0. The van der Waals surface area contributed by atoms with E-state index in [0.29, 0.717) is 5.69 Å². The number of carbonyl (C=O) groups is 1. The number of alkyl halides is 3. The summed E-state index contributed by atoms with van der Waals surface area (Å²) in [5.41, 5.74) is -0.616. The van der Waals surface area contributed by atoms with E-state index in [1.54, 1.807) is 11.8 Å². The summed E-state index contributed by atoms with van der Waals surface area (Å²) in [6, 6.07) is 0.458. The lowest BCUT2D eigenvalue weighted by Gasteiger charge is -2.40. The first-order chi connectivity index (χ1) is 10.1. The Balaban J connectivity index is 2.25. The molecule has 1 aromatic rings. The molecule has 2 heterocycles. The number of carbonyl (C=O) groups excluding carboxylic acids is 1. The molecule has 0 unspecified atom stereocenters. The third-order valence-electron chi connectivity index (χ3n) is 4.39. The van der Waals surface area contributed by atoms with E-state index >= 15 is 0 Å². The summed E-state index contributed by atoms with van der Waals surface area (Å²) in [6.45, 7) is 7.11. The number of rotatable bonds is 2. The molecule has 22 heavy (non-hydrogen) atoms. The number of nitrogens with zero attached hydrogens (tertiary/aromatic N) is 3. The van der Waals surface area contributed by atoms with Gasteiger partial charge in [0.15, 0.2) is 5.69 Å². The minimum absolute atomic E-state index is 0.108. The van der Waals surface area contributed by atoms with Crippen molar-refractivity contribution in [3.8, 4) is 0 Å². The van der Waals surface area contributed by atoms with Gasteiger partial charge in [-0.1, -0.05) is 0 Å². The van der Waals surface area contributed by atoms with Crippen LogP contribution in [0.25, 0.3) is 0 Å². The van der Waals surface area contributed by atoms with Crippen LogP contribution >= 0.6 is 0 Å². The van der Waals surface area contributed by atoms with E-state index in [-0.39, 0.29) is 18.0 Å². The maximum atomic E-state index is 12.8. The summed E-state index contributed by atoms with van der Waals surface area (Å²) in [5.74, 6) is -0.167. The molecule has 1 aliphatic rings. The maximum absolute atomic E-state index is 12.8. The standard InChI is InChI=1S/C15H22F3N3O/c1-9-6-5-7-10(2)20(9)14(22)12(4)21-11(3)8-13(19-21)15(16,17)18/h8-10,12H,5-7H2,1-4H3/t9-,10+,12-/m1/s1. The molecule has 1 saturated heterocycles. The molecule has 1 aromatic heterocycles. The number of piperidine rings is 1. The average Bonchev–Trinajstić information content (AvgIpc) is 2.79. The summed E-state index contributed by atoms with van der Waals surface area (Å²) in [6.07, 6.45) is -1.58. The van der Waals surface area contributed by atoms with Gasteiger partial charge in [-0.2, -0.15) is 18.3 Å². The van der Waals surface area contributed by atoms with Crippen molar-refractivity contribution >= 4 is 5.91 Å². The maximum Gasteiger partial charge on any atom is 0.435 e. The monoisotopic (exact) mass is 317 g/mol. The summed E-state index contributed by atoms with van der Waals surface area (Å²) in [5, 5.41) is 3.59. The molecule has 1 amide bonds. The van der Waals surface area contributed by atoms with E-state index in [0.717, 1.165) is 25.3 Å². The Bertz CT molecular complexity index is 543. The number of hydrogen-bond donors (Lipinski definition) is 0. The highest BCUT2D eigenvalue weighted by Crippen LogP contribution is 2.30. The normalized spacial score (nSPS) is 24.4. The molecule has 0 aromatic carbocycles. The third-order valence-corrected chi connectivity index (χ3v) is 4.39. The molecule has 3 atom stereocenters. The minimum atomic E-state index is -4.50.